The molecule has 6 nitrogen and oxygen atoms in total. The number of benzene rings is 2. The third-order valence-corrected chi connectivity index (χ3v) is 4.82. The average Bonchev–Trinajstić information content (AvgIpc) is 3.19. The molecule has 2 aromatic carbocycles. The van der Waals surface area contributed by atoms with E-state index < -0.39 is 0 Å². The lowest BCUT2D eigenvalue weighted by Crippen LogP contribution is -2.37. The van der Waals surface area contributed by atoms with Crippen LogP contribution in [0.2, 0.25) is 0 Å². The molecule has 1 heterocycles. The number of carbonyl (C=O) groups is 2. The minimum Gasteiger partial charge on any atom is -0.347 e. The topological polar surface area (TPSA) is 58.4 Å². The molecule has 0 aliphatic carbocycles. The average molecular weight is 390 g/mol. The molecule has 6 heteroatoms. The van der Waals surface area contributed by atoms with Crippen molar-refractivity contribution in [2.45, 2.75) is 13.3 Å². The van der Waals surface area contributed by atoms with Crippen molar-refractivity contribution in [2.24, 2.45) is 0 Å². The summed E-state index contributed by atoms with van der Waals surface area (Å²) >= 11 is 0. The zero-order valence-electron chi connectivity index (χ0n) is 17.3. The van der Waals surface area contributed by atoms with Crippen molar-refractivity contribution in [3.05, 3.63) is 71.9 Å². The number of nitrogens with zero attached hydrogens (tertiary/aromatic N) is 4. The highest BCUT2D eigenvalue weighted by Gasteiger charge is 2.23. The molecule has 0 N–H and O–H groups in total. The van der Waals surface area contributed by atoms with E-state index >= 15 is 0 Å². The van der Waals surface area contributed by atoms with Gasteiger partial charge in [0.25, 0.3) is 5.91 Å². The number of aromatic nitrogens is 2. The van der Waals surface area contributed by atoms with E-state index in [-0.39, 0.29) is 18.4 Å². The van der Waals surface area contributed by atoms with E-state index in [2.05, 4.69) is 6.92 Å². The fourth-order valence-corrected chi connectivity index (χ4v) is 2.98. The fraction of sp³-hybridized carbons (Fsp3) is 0.261. The van der Waals surface area contributed by atoms with Crippen molar-refractivity contribution in [1.29, 1.82) is 0 Å². The second-order valence-corrected chi connectivity index (χ2v) is 7.17. The molecule has 0 unspecified atom stereocenters. The number of carbonyl (C=O) groups excluding carboxylic acids is 2. The van der Waals surface area contributed by atoms with E-state index in [9.17, 15) is 9.59 Å². The van der Waals surface area contributed by atoms with E-state index in [0.717, 1.165) is 17.7 Å². The lowest BCUT2D eigenvalue weighted by Gasteiger charge is -2.19. The van der Waals surface area contributed by atoms with Gasteiger partial charge in [-0.25, -0.2) is 4.68 Å². The van der Waals surface area contributed by atoms with Crippen LogP contribution in [0.25, 0.3) is 16.9 Å². The summed E-state index contributed by atoms with van der Waals surface area (Å²) in [4.78, 5) is 28.1. The number of para-hydroxylation sites is 1. The van der Waals surface area contributed by atoms with Gasteiger partial charge < -0.3 is 9.80 Å². The summed E-state index contributed by atoms with van der Waals surface area (Å²) in [5, 5.41) is 4.70. The molecule has 3 aromatic rings. The highest BCUT2D eigenvalue weighted by atomic mass is 16.2. The summed E-state index contributed by atoms with van der Waals surface area (Å²) in [6.45, 7) is 2.11. The maximum atomic E-state index is 13.2. The van der Waals surface area contributed by atoms with Gasteiger partial charge in [-0.15, -0.1) is 0 Å². The summed E-state index contributed by atoms with van der Waals surface area (Å²) in [5.41, 5.74) is 4.02. The van der Waals surface area contributed by atoms with Gasteiger partial charge in [0.2, 0.25) is 5.91 Å². The van der Waals surface area contributed by atoms with Gasteiger partial charge in [0.1, 0.15) is 5.69 Å². The van der Waals surface area contributed by atoms with Crippen LogP contribution in [-0.2, 0) is 11.2 Å². The molecule has 0 saturated carbocycles. The molecule has 0 saturated heterocycles. The lowest BCUT2D eigenvalue weighted by atomic mass is 10.0. The van der Waals surface area contributed by atoms with Crippen LogP contribution in [0, 0.1) is 0 Å². The second-order valence-electron chi connectivity index (χ2n) is 7.17. The number of aryl methyl sites for hydroxylation is 1. The Morgan fingerprint density at radius 1 is 0.966 bits per heavy atom. The normalized spacial score (nSPS) is 10.6. The van der Waals surface area contributed by atoms with Gasteiger partial charge in [0.05, 0.1) is 17.8 Å². The van der Waals surface area contributed by atoms with Crippen LogP contribution < -0.4 is 0 Å². The summed E-state index contributed by atoms with van der Waals surface area (Å²) in [5.74, 6) is -0.373. The van der Waals surface area contributed by atoms with Crippen molar-refractivity contribution in [3.8, 4) is 16.9 Å². The van der Waals surface area contributed by atoms with Crippen LogP contribution in [0.1, 0.15) is 22.8 Å². The zero-order valence-corrected chi connectivity index (χ0v) is 17.3. The van der Waals surface area contributed by atoms with Gasteiger partial charge in [0, 0.05) is 32.9 Å². The molecule has 3 rings (SSSR count). The van der Waals surface area contributed by atoms with Crippen molar-refractivity contribution >= 4 is 11.8 Å². The number of rotatable bonds is 6. The van der Waals surface area contributed by atoms with E-state index in [0.29, 0.717) is 11.3 Å². The third kappa shape index (κ3) is 4.54. The van der Waals surface area contributed by atoms with Gasteiger partial charge in [0.15, 0.2) is 0 Å². The maximum absolute atomic E-state index is 13.2. The maximum Gasteiger partial charge on any atom is 0.257 e. The van der Waals surface area contributed by atoms with Gasteiger partial charge in [-0.2, -0.15) is 5.10 Å². The monoisotopic (exact) mass is 390 g/mol. The first-order chi connectivity index (χ1) is 13.9. The van der Waals surface area contributed by atoms with Gasteiger partial charge in [-0.3, -0.25) is 9.59 Å². The predicted molar refractivity (Wildman–Crippen MR) is 114 cm³/mol. The molecular formula is C23H26N4O2. The summed E-state index contributed by atoms with van der Waals surface area (Å²) < 4.78 is 1.71. The van der Waals surface area contributed by atoms with E-state index in [1.807, 2.05) is 54.6 Å². The first-order valence-electron chi connectivity index (χ1n) is 9.60. The summed E-state index contributed by atoms with van der Waals surface area (Å²) in [7, 11) is 4.98. The Hall–Kier alpha value is -3.41. The van der Waals surface area contributed by atoms with Crippen molar-refractivity contribution in [3.63, 3.8) is 0 Å². The number of hydrogen-bond donors (Lipinski definition) is 0. The molecule has 0 spiro atoms. The third-order valence-electron chi connectivity index (χ3n) is 4.82. The fourth-order valence-electron chi connectivity index (χ4n) is 2.98. The summed E-state index contributed by atoms with van der Waals surface area (Å²) in [6, 6.07) is 17.7. The molecule has 0 fully saturated rings. The number of amides is 2. The molecule has 0 bridgehead atoms. The smallest absolute Gasteiger partial charge is 0.257 e. The van der Waals surface area contributed by atoms with Crippen molar-refractivity contribution in [2.75, 3.05) is 27.7 Å². The molecule has 1 aromatic heterocycles. The minimum absolute atomic E-state index is 0.0105. The Morgan fingerprint density at radius 3 is 2.21 bits per heavy atom. The largest absolute Gasteiger partial charge is 0.347 e. The predicted octanol–water partition coefficient (Wildman–Crippen LogP) is 3.26. The standard InChI is InChI=1S/C23H26N4O2/c1-5-17-11-13-18(14-12-17)22-20(23(29)26(4)16-21(28)25(2)3)15-27(24-22)19-9-7-6-8-10-19/h6-15H,5,16H2,1-4H3. The Morgan fingerprint density at radius 2 is 1.62 bits per heavy atom. The first kappa shape index (κ1) is 20.3. The van der Waals surface area contributed by atoms with Crippen LogP contribution in [0.3, 0.4) is 0 Å². The van der Waals surface area contributed by atoms with E-state index in [1.54, 1.807) is 32.0 Å². The van der Waals surface area contributed by atoms with Crippen molar-refractivity contribution in [1.82, 2.24) is 19.6 Å². The molecule has 29 heavy (non-hydrogen) atoms. The highest BCUT2D eigenvalue weighted by molar-refractivity contribution is 6.01. The van der Waals surface area contributed by atoms with Crippen LogP contribution in [0.5, 0.6) is 0 Å². The quantitative estimate of drug-likeness (QED) is 0.649. The van der Waals surface area contributed by atoms with Gasteiger partial charge in [-0.1, -0.05) is 49.4 Å². The number of likely N-dealkylation sites (N-methyl/N-ethyl adjacent to an activating group) is 2. The Labute approximate surface area is 171 Å². The molecule has 0 aliphatic rings. The highest BCUT2D eigenvalue weighted by Crippen LogP contribution is 2.25. The van der Waals surface area contributed by atoms with Crippen LogP contribution in [0.4, 0.5) is 0 Å². The summed E-state index contributed by atoms with van der Waals surface area (Å²) in [6.07, 6.45) is 2.68. The molecule has 0 atom stereocenters. The Balaban J connectivity index is 2.02. The lowest BCUT2D eigenvalue weighted by molar-refractivity contribution is -0.129. The van der Waals surface area contributed by atoms with Crippen molar-refractivity contribution < 1.29 is 9.59 Å². The Kier molecular flexibility index (Phi) is 6.12. The van der Waals surface area contributed by atoms with Gasteiger partial charge >= 0.3 is 0 Å². The minimum atomic E-state index is -0.239. The second kappa shape index (κ2) is 8.73. The molecule has 2 amide bonds. The SMILES string of the molecule is CCc1ccc(-c2nn(-c3ccccc3)cc2C(=O)N(C)CC(=O)N(C)C)cc1. The number of hydrogen-bond acceptors (Lipinski definition) is 3. The van der Waals surface area contributed by atoms with Crippen LogP contribution >= 0.6 is 0 Å². The van der Waals surface area contributed by atoms with Gasteiger partial charge in [-0.05, 0) is 24.1 Å². The molecule has 150 valence electrons. The first-order valence-corrected chi connectivity index (χ1v) is 9.60. The van der Waals surface area contributed by atoms with E-state index in [4.69, 9.17) is 5.10 Å². The van der Waals surface area contributed by atoms with Crippen LogP contribution in [0.15, 0.2) is 60.8 Å². The molecule has 0 radical (unpaired) electrons. The van der Waals surface area contributed by atoms with Crippen LogP contribution in [-0.4, -0.2) is 59.1 Å². The molecule has 0 aliphatic heterocycles. The Bertz CT molecular complexity index is 991. The molecular weight excluding hydrogens is 364 g/mol. The van der Waals surface area contributed by atoms with E-state index in [1.165, 1.54) is 15.4 Å². The zero-order chi connectivity index (χ0) is 21.0.